The standard InChI is InChI=1S/C18H17N5O2S/c1-2-12-5-3-4-6-14(12)22-16(24)9-13-11-26-18(21-13)23-17(25)15-10-19-7-8-20-15/h3-8,10-11H,2,9H2,1H3,(H,22,24)(H,21,23,25). The summed E-state index contributed by atoms with van der Waals surface area (Å²) in [6.07, 6.45) is 5.29. The Morgan fingerprint density at radius 2 is 2.00 bits per heavy atom. The van der Waals surface area contributed by atoms with Gasteiger partial charge in [0, 0.05) is 23.5 Å². The fourth-order valence-corrected chi connectivity index (χ4v) is 3.04. The number of aromatic nitrogens is 3. The Hall–Kier alpha value is -3.13. The molecule has 0 bridgehead atoms. The largest absolute Gasteiger partial charge is 0.325 e. The van der Waals surface area contributed by atoms with Crippen LogP contribution in [0.15, 0.2) is 48.2 Å². The molecule has 1 aromatic carbocycles. The van der Waals surface area contributed by atoms with E-state index in [-0.39, 0.29) is 23.9 Å². The molecule has 0 aliphatic carbocycles. The number of hydrogen-bond acceptors (Lipinski definition) is 6. The second kappa shape index (κ2) is 8.30. The average molecular weight is 367 g/mol. The van der Waals surface area contributed by atoms with E-state index in [9.17, 15) is 9.59 Å². The molecule has 7 nitrogen and oxygen atoms in total. The van der Waals surface area contributed by atoms with E-state index < -0.39 is 0 Å². The molecule has 0 saturated carbocycles. The lowest BCUT2D eigenvalue weighted by Crippen LogP contribution is -2.16. The fourth-order valence-electron chi connectivity index (χ4n) is 2.33. The van der Waals surface area contributed by atoms with Gasteiger partial charge >= 0.3 is 0 Å². The molecule has 0 saturated heterocycles. The summed E-state index contributed by atoms with van der Waals surface area (Å²) in [4.78, 5) is 36.3. The van der Waals surface area contributed by atoms with Crippen LogP contribution in [0.5, 0.6) is 0 Å². The molecule has 8 heteroatoms. The first-order valence-electron chi connectivity index (χ1n) is 8.05. The lowest BCUT2D eigenvalue weighted by Gasteiger charge is -2.08. The quantitative estimate of drug-likeness (QED) is 0.698. The third-order valence-corrected chi connectivity index (χ3v) is 4.39. The molecule has 26 heavy (non-hydrogen) atoms. The summed E-state index contributed by atoms with van der Waals surface area (Å²) in [6, 6.07) is 7.70. The van der Waals surface area contributed by atoms with Crippen LogP contribution >= 0.6 is 11.3 Å². The number of carbonyl (C=O) groups excluding carboxylic acids is 2. The molecular weight excluding hydrogens is 350 g/mol. The number of benzene rings is 1. The molecule has 0 unspecified atom stereocenters. The average Bonchev–Trinajstić information content (AvgIpc) is 3.09. The van der Waals surface area contributed by atoms with Crippen LogP contribution in [0.4, 0.5) is 10.8 Å². The Bertz CT molecular complexity index is 911. The minimum absolute atomic E-state index is 0.134. The predicted molar refractivity (Wildman–Crippen MR) is 100 cm³/mol. The van der Waals surface area contributed by atoms with Gasteiger partial charge in [0.25, 0.3) is 5.91 Å². The van der Waals surface area contributed by atoms with Crippen molar-refractivity contribution in [3.63, 3.8) is 0 Å². The van der Waals surface area contributed by atoms with Gasteiger partial charge in [-0.05, 0) is 18.1 Å². The number of carbonyl (C=O) groups is 2. The van der Waals surface area contributed by atoms with Crippen LogP contribution in [-0.2, 0) is 17.6 Å². The summed E-state index contributed by atoms with van der Waals surface area (Å²) in [6.45, 7) is 2.04. The molecule has 0 spiro atoms. The van der Waals surface area contributed by atoms with E-state index >= 15 is 0 Å². The number of thiazole rings is 1. The zero-order valence-electron chi connectivity index (χ0n) is 14.1. The van der Waals surface area contributed by atoms with Crippen LogP contribution in [-0.4, -0.2) is 26.8 Å². The molecule has 0 aliphatic heterocycles. The first-order chi connectivity index (χ1) is 12.7. The summed E-state index contributed by atoms with van der Waals surface area (Å²) in [7, 11) is 0. The molecule has 2 heterocycles. The Morgan fingerprint density at radius 1 is 1.15 bits per heavy atom. The SMILES string of the molecule is CCc1ccccc1NC(=O)Cc1csc(NC(=O)c2cnccn2)n1. The third kappa shape index (κ3) is 4.48. The third-order valence-electron chi connectivity index (χ3n) is 3.58. The van der Waals surface area contributed by atoms with E-state index in [4.69, 9.17) is 0 Å². The Morgan fingerprint density at radius 3 is 2.77 bits per heavy atom. The molecular formula is C18H17N5O2S. The normalized spacial score (nSPS) is 10.3. The van der Waals surface area contributed by atoms with E-state index in [1.165, 1.54) is 29.9 Å². The smallest absolute Gasteiger partial charge is 0.277 e. The summed E-state index contributed by atoms with van der Waals surface area (Å²) in [5.74, 6) is -0.539. The highest BCUT2D eigenvalue weighted by atomic mass is 32.1. The number of nitrogens with zero attached hydrogens (tertiary/aromatic N) is 3. The van der Waals surface area contributed by atoms with Crippen LogP contribution in [0.3, 0.4) is 0 Å². The number of amides is 2. The molecule has 0 atom stereocenters. The van der Waals surface area contributed by atoms with Gasteiger partial charge in [-0.1, -0.05) is 25.1 Å². The first kappa shape index (κ1) is 17.7. The number of rotatable bonds is 6. The highest BCUT2D eigenvalue weighted by molar-refractivity contribution is 7.14. The molecule has 2 amide bonds. The topological polar surface area (TPSA) is 96.9 Å². The Balaban J connectivity index is 1.59. The summed E-state index contributed by atoms with van der Waals surface area (Å²) in [5.41, 5.74) is 2.69. The Labute approximate surface area is 154 Å². The van der Waals surface area contributed by atoms with Gasteiger partial charge in [-0.3, -0.25) is 19.9 Å². The number of anilines is 2. The van der Waals surface area contributed by atoms with Gasteiger partial charge in [-0.25, -0.2) is 9.97 Å². The fraction of sp³-hybridized carbons (Fsp3) is 0.167. The zero-order chi connectivity index (χ0) is 18.4. The molecule has 3 aromatic rings. The summed E-state index contributed by atoms with van der Waals surface area (Å²) in [5, 5.41) is 7.72. The van der Waals surface area contributed by atoms with Gasteiger partial charge in [0.05, 0.1) is 18.3 Å². The lowest BCUT2D eigenvalue weighted by atomic mass is 10.1. The van der Waals surface area contributed by atoms with Crippen molar-refractivity contribution >= 4 is 34.0 Å². The number of nitrogens with one attached hydrogen (secondary N) is 2. The maximum Gasteiger partial charge on any atom is 0.277 e. The van der Waals surface area contributed by atoms with Gasteiger partial charge in [-0.2, -0.15) is 0 Å². The van der Waals surface area contributed by atoms with Crippen LogP contribution < -0.4 is 10.6 Å². The molecule has 0 radical (unpaired) electrons. The summed E-state index contributed by atoms with van der Waals surface area (Å²) >= 11 is 1.26. The van der Waals surface area contributed by atoms with Crippen LogP contribution in [0.2, 0.25) is 0 Å². The van der Waals surface area contributed by atoms with E-state index in [1.807, 2.05) is 31.2 Å². The van der Waals surface area contributed by atoms with E-state index in [1.54, 1.807) is 5.38 Å². The zero-order valence-corrected chi connectivity index (χ0v) is 14.9. The van der Waals surface area contributed by atoms with E-state index in [0.717, 1.165) is 17.7 Å². The van der Waals surface area contributed by atoms with Crippen LogP contribution in [0, 0.1) is 0 Å². The van der Waals surface area contributed by atoms with Crippen molar-refractivity contribution < 1.29 is 9.59 Å². The van der Waals surface area contributed by atoms with Gasteiger partial charge < -0.3 is 5.32 Å². The molecule has 3 rings (SSSR count). The molecule has 0 fully saturated rings. The van der Waals surface area contributed by atoms with Crippen molar-refractivity contribution in [2.24, 2.45) is 0 Å². The second-order valence-corrected chi connectivity index (χ2v) is 6.28. The van der Waals surface area contributed by atoms with Crippen LogP contribution in [0.1, 0.15) is 28.7 Å². The number of aryl methyl sites for hydroxylation is 1. The minimum Gasteiger partial charge on any atom is -0.325 e. The molecule has 2 aromatic heterocycles. The first-order valence-corrected chi connectivity index (χ1v) is 8.93. The lowest BCUT2D eigenvalue weighted by molar-refractivity contribution is -0.115. The predicted octanol–water partition coefficient (Wildman–Crippen LogP) is 2.93. The van der Waals surface area contributed by atoms with Crippen molar-refractivity contribution in [2.45, 2.75) is 19.8 Å². The maximum atomic E-state index is 12.3. The molecule has 2 N–H and O–H groups in total. The number of hydrogen-bond donors (Lipinski definition) is 2. The highest BCUT2D eigenvalue weighted by Crippen LogP contribution is 2.18. The highest BCUT2D eigenvalue weighted by Gasteiger charge is 2.13. The minimum atomic E-state index is -0.389. The van der Waals surface area contributed by atoms with Gasteiger partial charge in [-0.15, -0.1) is 11.3 Å². The molecule has 132 valence electrons. The summed E-state index contributed by atoms with van der Waals surface area (Å²) < 4.78 is 0. The van der Waals surface area contributed by atoms with Gasteiger partial charge in [0.2, 0.25) is 5.91 Å². The van der Waals surface area contributed by atoms with Crippen molar-refractivity contribution in [1.82, 2.24) is 15.0 Å². The van der Waals surface area contributed by atoms with E-state index in [2.05, 4.69) is 25.6 Å². The maximum absolute atomic E-state index is 12.3. The van der Waals surface area contributed by atoms with Crippen molar-refractivity contribution in [3.05, 3.63) is 65.2 Å². The van der Waals surface area contributed by atoms with Crippen molar-refractivity contribution in [3.8, 4) is 0 Å². The van der Waals surface area contributed by atoms with Crippen LogP contribution in [0.25, 0.3) is 0 Å². The van der Waals surface area contributed by atoms with Crippen molar-refractivity contribution in [1.29, 1.82) is 0 Å². The second-order valence-electron chi connectivity index (χ2n) is 5.42. The van der Waals surface area contributed by atoms with E-state index in [0.29, 0.717) is 10.8 Å². The number of para-hydroxylation sites is 1. The monoisotopic (exact) mass is 367 g/mol. The van der Waals surface area contributed by atoms with Crippen molar-refractivity contribution in [2.75, 3.05) is 10.6 Å². The molecule has 0 aliphatic rings. The van der Waals surface area contributed by atoms with Gasteiger partial charge in [0.1, 0.15) is 5.69 Å². The Kier molecular flexibility index (Phi) is 5.65. The van der Waals surface area contributed by atoms with Gasteiger partial charge in [0.15, 0.2) is 5.13 Å².